The van der Waals surface area contributed by atoms with Gasteiger partial charge in [-0.15, -0.1) is 0 Å². The zero-order valence-corrected chi connectivity index (χ0v) is 7.82. The molecular weight excluding hydrogens is 176 g/mol. The first kappa shape index (κ1) is 8.75. The van der Waals surface area contributed by atoms with Crippen molar-refractivity contribution in [2.45, 2.75) is 6.92 Å². The largest absolute Gasteiger partial charge is 0.478 e. The number of carboxylic acids is 1. The molecule has 0 spiro atoms. The highest BCUT2D eigenvalue weighted by atomic mass is 16.4. The lowest BCUT2D eigenvalue weighted by atomic mass is 10.2. The third kappa shape index (κ3) is 1.46. The van der Waals surface area contributed by atoms with Gasteiger partial charge in [0.2, 0.25) is 0 Å². The summed E-state index contributed by atoms with van der Waals surface area (Å²) in [5.41, 5.74) is 3.45. The van der Waals surface area contributed by atoms with Gasteiger partial charge in [-0.3, -0.25) is 0 Å². The van der Waals surface area contributed by atoms with Crippen LogP contribution >= 0.6 is 0 Å². The quantitative estimate of drug-likeness (QED) is 0.743. The van der Waals surface area contributed by atoms with Gasteiger partial charge in [-0.05, 0) is 30.2 Å². The van der Waals surface area contributed by atoms with Crippen LogP contribution in [0.3, 0.4) is 0 Å². The molecule has 14 heavy (non-hydrogen) atoms. The fourth-order valence-electron chi connectivity index (χ4n) is 1.45. The molecular formula is C12H10O2. The van der Waals surface area contributed by atoms with Gasteiger partial charge in [-0.2, -0.15) is 0 Å². The van der Waals surface area contributed by atoms with Crippen molar-refractivity contribution >= 4 is 5.97 Å². The van der Waals surface area contributed by atoms with E-state index in [2.05, 4.69) is 0 Å². The molecule has 0 aromatic rings. The third-order valence-electron chi connectivity index (χ3n) is 2.25. The second-order valence-electron chi connectivity index (χ2n) is 3.37. The summed E-state index contributed by atoms with van der Waals surface area (Å²) >= 11 is 0. The first-order valence-electron chi connectivity index (χ1n) is 4.40. The van der Waals surface area contributed by atoms with E-state index in [9.17, 15) is 4.79 Å². The van der Waals surface area contributed by atoms with Crippen molar-refractivity contribution in [1.29, 1.82) is 0 Å². The van der Waals surface area contributed by atoms with Crippen molar-refractivity contribution in [1.82, 2.24) is 0 Å². The Bertz CT molecular complexity index is 426. The van der Waals surface area contributed by atoms with Gasteiger partial charge in [0.05, 0.1) is 5.56 Å². The summed E-state index contributed by atoms with van der Waals surface area (Å²) < 4.78 is 0. The maximum Gasteiger partial charge on any atom is 0.335 e. The number of rotatable bonds is 1. The minimum Gasteiger partial charge on any atom is -0.478 e. The molecule has 0 fully saturated rings. The molecule has 2 aliphatic carbocycles. The topological polar surface area (TPSA) is 37.3 Å². The minimum atomic E-state index is -0.874. The Morgan fingerprint density at radius 3 is 2.00 bits per heavy atom. The maximum absolute atomic E-state index is 10.7. The smallest absolute Gasteiger partial charge is 0.335 e. The van der Waals surface area contributed by atoms with E-state index in [1.165, 1.54) is 0 Å². The fourth-order valence-corrected chi connectivity index (χ4v) is 1.45. The van der Waals surface area contributed by atoms with Crippen molar-refractivity contribution in [3.05, 3.63) is 47.5 Å². The molecule has 0 radical (unpaired) electrons. The van der Waals surface area contributed by atoms with Crippen LogP contribution in [0.25, 0.3) is 11.1 Å². The van der Waals surface area contributed by atoms with Gasteiger partial charge >= 0.3 is 5.97 Å². The molecule has 0 aliphatic heterocycles. The lowest BCUT2D eigenvalue weighted by molar-refractivity contribution is 0.0697. The molecule has 70 valence electrons. The SMILES string of the molecule is Cc1ccc2cc(C(=O)O)cc-2cc1. The average Bonchev–Trinajstić information content (AvgIpc) is 2.48. The van der Waals surface area contributed by atoms with Crippen LogP contribution in [-0.4, -0.2) is 11.1 Å². The minimum absolute atomic E-state index is 0.351. The molecule has 0 unspecified atom stereocenters. The molecule has 0 saturated carbocycles. The standard InChI is InChI=1S/C12H10O2/c1-8-2-4-9-6-11(12(13)14)7-10(9)5-3-8/h2-7H,1H3,(H,13,14). The summed E-state index contributed by atoms with van der Waals surface area (Å²) in [5.74, 6) is -0.874. The molecule has 2 aliphatic rings. The van der Waals surface area contributed by atoms with Crippen LogP contribution in [-0.2, 0) is 0 Å². The highest BCUT2D eigenvalue weighted by Crippen LogP contribution is 2.25. The summed E-state index contributed by atoms with van der Waals surface area (Å²) in [6, 6.07) is 11.2. The van der Waals surface area contributed by atoms with E-state index in [0.29, 0.717) is 5.56 Å². The van der Waals surface area contributed by atoms with Crippen molar-refractivity contribution < 1.29 is 9.90 Å². The van der Waals surface area contributed by atoms with Crippen molar-refractivity contribution in [2.75, 3.05) is 0 Å². The lowest BCUT2D eigenvalue weighted by Crippen LogP contribution is -1.91. The van der Waals surface area contributed by atoms with Gasteiger partial charge in [-0.25, -0.2) is 4.79 Å². The molecule has 0 saturated heterocycles. The molecule has 0 atom stereocenters. The third-order valence-corrected chi connectivity index (χ3v) is 2.25. The Hall–Kier alpha value is -1.83. The molecule has 2 rings (SSSR count). The molecule has 0 amide bonds. The molecule has 1 N–H and O–H groups in total. The zero-order chi connectivity index (χ0) is 10.1. The van der Waals surface area contributed by atoms with Gasteiger partial charge < -0.3 is 5.11 Å². The van der Waals surface area contributed by atoms with Crippen LogP contribution in [0.15, 0.2) is 36.4 Å². The average molecular weight is 186 g/mol. The Kier molecular flexibility index (Phi) is 1.97. The van der Waals surface area contributed by atoms with Gasteiger partial charge in [0.1, 0.15) is 0 Å². The highest BCUT2D eigenvalue weighted by Gasteiger charge is 2.09. The number of hydrogen-bond acceptors (Lipinski definition) is 1. The molecule has 0 heterocycles. The number of fused-ring (bicyclic) bond motifs is 1. The predicted octanol–water partition coefficient (Wildman–Crippen LogP) is 2.80. The van der Waals surface area contributed by atoms with E-state index < -0.39 is 5.97 Å². The zero-order valence-electron chi connectivity index (χ0n) is 7.82. The Labute approximate surface area is 82.2 Å². The highest BCUT2D eigenvalue weighted by molar-refractivity contribution is 5.92. The fraction of sp³-hybridized carbons (Fsp3) is 0.0833. The van der Waals surface area contributed by atoms with Crippen LogP contribution in [0.4, 0.5) is 0 Å². The van der Waals surface area contributed by atoms with E-state index in [1.807, 2.05) is 31.2 Å². The second-order valence-corrected chi connectivity index (χ2v) is 3.37. The number of aromatic carboxylic acids is 1. The molecule has 0 aromatic heterocycles. The van der Waals surface area contributed by atoms with E-state index in [4.69, 9.17) is 5.11 Å². The summed E-state index contributed by atoms with van der Waals surface area (Å²) in [6.07, 6.45) is 0. The monoisotopic (exact) mass is 186 g/mol. The van der Waals surface area contributed by atoms with Crippen LogP contribution in [0.5, 0.6) is 0 Å². The molecule has 0 aromatic carbocycles. The summed E-state index contributed by atoms with van der Waals surface area (Å²) in [5, 5.41) is 8.80. The summed E-state index contributed by atoms with van der Waals surface area (Å²) in [7, 11) is 0. The first-order valence-corrected chi connectivity index (χ1v) is 4.40. The van der Waals surface area contributed by atoms with Crippen LogP contribution in [0.1, 0.15) is 15.9 Å². The number of hydrogen-bond donors (Lipinski definition) is 1. The number of carbonyl (C=O) groups is 1. The Morgan fingerprint density at radius 2 is 1.57 bits per heavy atom. The van der Waals surface area contributed by atoms with E-state index in [-0.39, 0.29) is 0 Å². The van der Waals surface area contributed by atoms with Crippen molar-refractivity contribution in [3.8, 4) is 11.1 Å². The normalized spacial score (nSPS) is 10.4. The van der Waals surface area contributed by atoms with Gasteiger partial charge in [-0.1, -0.05) is 29.8 Å². The number of carboxylic acid groups (broad SMARTS) is 1. The van der Waals surface area contributed by atoms with Gasteiger partial charge in [0.15, 0.2) is 0 Å². The second kappa shape index (κ2) is 3.14. The van der Waals surface area contributed by atoms with Crippen LogP contribution in [0, 0.1) is 6.92 Å². The Morgan fingerprint density at radius 1 is 1.07 bits per heavy atom. The van der Waals surface area contributed by atoms with Crippen molar-refractivity contribution in [3.63, 3.8) is 0 Å². The van der Waals surface area contributed by atoms with E-state index in [0.717, 1.165) is 16.7 Å². The molecule has 0 bridgehead atoms. The van der Waals surface area contributed by atoms with Gasteiger partial charge in [0, 0.05) is 0 Å². The van der Waals surface area contributed by atoms with Crippen LogP contribution in [0.2, 0.25) is 0 Å². The maximum atomic E-state index is 10.7. The molecule has 2 heteroatoms. The first-order chi connectivity index (χ1) is 6.66. The number of aryl methyl sites for hydroxylation is 1. The van der Waals surface area contributed by atoms with Gasteiger partial charge in [0.25, 0.3) is 0 Å². The molecule has 2 nitrogen and oxygen atoms in total. The van der Waals surface area contributed by atoms with E-state index in [1.54, 1.807) is 12.1 Å². The van der Waals surface area contributed by atoms with Crippen LogP contribution < -0.4 is 0 Å². The Balaban J connectivity index is 2.63. The lowest BCUT2D eigenvalue weighted by Gasteiger charge is -1.85. The van der Waals surface area contributed by atoms with Crippen molar-refractivity contribution in [2.24, 2.45) is 0 Å². The summed E-state index contributed by atoms with van der Waals surface area (Å²) in [6.45, 7) is 2.01. The summed E-state index contributed by atoms with van der Waals surface area (Å²) in [4.78, 5) is 10.7. The predicted molar refractivity (Wildman–Crippen MR) is 54.8 cm³/mol. The van der Waals surface area contributed by atoms with E-state index >= 15 is 0 Å².